The zero-order valence-corrected chi connectivity index (χ0v) is 9.61. The molecular weight excluding hydrogens is 253 g/mol. The van der Waals surface area contributed by atoms with Crippen LogP contribution in [0.2, 0.25) is 0 Å². The van der Waals surface area contributed by atoms with E-state index in [9.17, 15) is 13.2 Å². The summed E-state index contributed by atoms with van der Waals surface area (Å²) in [5, 5.41) is 0.961. The monoisotopic (exact) mass is 264 g/mol. The number of hydrogen-bond acceptors (Lipinski definition) is 1. The van der Waals surface area contributed by atoms with Crippen molar-refractivity contribution in [2.75, 3.05) is 0 Å². The number of alkyl halides is 3. The molecule has 17 heavy (non-hydrogen) atoms. The molecule has 0 amide bonds. The Kier molecular flexibility index (Phi) is 4.06. The number of rotatable bonds is 2. The van der Waals surface area contributed by atoms with Crippen molar-refractivity contribution in [2.45, 2.75) is 18.6 Å². The van der Waals surface area contributed by atoms with Gasteiger partial charge in [-0.15, -0.1) is 12.4 Å². The number of nitrogens with one attached hydrogen (secondary N) is 1. The summed E-state index contributed by atoms with van der Waals surface area (Å²) in [7, 11) is 0. The average Bonchev–Trinajstić information content (AvgIpc) is 2.61. The number of aromatic amines is 1. The van der Waals surface area contributed by atoms with Crippen molar-refractivity contribution in [3.05, 3.63) is 36.0 Å². The first-order valence-corrected chi connectivity index (χ1v) is 4.85. The highest BCUT2D eigenvalue weighted by Gasteiger charge is 2.30. The van der Waals surface area contributed by atoms with Crippen LogP contribution in [0.3, 0.4) is 0 Å². The third kappa shape index (κ3) is 3.38. The van der Waals surface area contributed by atoms with Gasteiger partial charge in [-0.2, -0.15) is 13.2 Å². The van der Waals surface area contributed by atoms with Gasteiger partial charge in [-0.1, -0.05) is 12.1 Å². The smallest absolute Gasteiger partial charge is 0.361 e. The zero-order chi connectivity index (χ0) is 11.8. The molecule has 2 aromatic rings. The van der Waals surface area contributed by atoms with Crippen LogP contribution in [0, 0.1) is 0 Å². The maximum atomic E-state index is 12.2. The summed E-state index contributed by atoms with van der Waals surface area (Å²) in [5.74, 6) is 0. The molecule has 2 nitrogen and oxygen atoms in total. The Bertz CT molecular complexity index is 493. The predicted molar refractivity (Wildman–Crippen MR) is 63.1 cm³/mol. The van der Waals surface area contributed by atoms with E-state index in [2.05, 4.69) is 4.98 Å². The number of nitrogens with two attached hydrogens (primary N) is 1. The standard InChI is InChI=1S/C11H11F3N2.ClH/c12-11(13,14)6-9(15)8-2-1-7-3-4-16-10(7)5-8;/h1-5,9,16H,6,15H2;1H/t9-;/m0./s1. The summed E-state index contributed by atoms with van der Waals surface area (Å²) in [4.78, 5) is 2.94. The molecule has 0 aliphatic heterocycles. The lowest BCUT2D eigenvalue weighted by Gasteiger charge is -2.14. The molecule has 94 valence electrons. The molecule has 3 N–H and O–H groups in total. The van der Waals surface area contributed by atoms with Gasteiger partial charge in [-0.25, -0.2) is 0 Å². The second-order valence-corrected chi connectivity index (χ2v) is 3.75. The van der Waals surface area contributed by atoms with Crippen LogP contribution in [-0.4, -0.2) is 11.2 Å². The molecule has 1 atom stereocenters. The molecule has 0 radical (unpaired) electrons. The molecule has 0 aliphatic rings. The molecule has 0 bridgehead atoms. The molecule has 1 heterocycles. The van der Waals surface area contributed by atoms with Crippen molar-refractivity contribution in [1.82, 2.24) is 4.98 Å². The van der Waals surface area contributed by atoms with E-state index in [1.165, 1.54) is 0 Å². The summed E-state index contributed by atoms with van der Waals surface area (Å²) in [6, 6.07) is 5.90. The number of H-pyrrole nitrogens is 1. The maximum Gasteiger partial charge on any atom is 0.390 e. The van der Waals surface area contributed by atoms with E-state index >= 15 is 0 Å². The van der Waals surface area contributed by atoms with Crippen LogP contribution in [0.4, 0.5) is 13.2 Å². The third-order valence-electron chi connectivity index (χ3n) is 2.46. The number of benzene rings is 1. The molecule has 0 aliphatic carbocycles. The number of hydrogen-bond donors (Lipinski definition) is 2. The van der Waals surface area contributed by atoms with Crippen LogP contribution < -0.4 is 5.73 Å². The Morgan fingerprint density at radius 1 is 1.24 bits per heavy atom. The van der Waals surface area contributed by atoms with E-state index in [1.807, 2.05) is 6.07 Å². The van der Waals surface area contributed by atoms with Gasteiger partial charge in [-0.05, 0) is 23.1 Å². The van der Waals surface area contributed by atoms with Crippen molar-refractivity contribution in [3.63, 3.8) is 0 Å². The highest BCUT2D eigenvalue weighted by Crippen LogP contribution is 2.29. The quantitative estimate of drug-likeness (QED) is 0.856. The molecule has 0 unspecified atom stereocenters. The summed E-state index contributed by atoms with van der Waals surface area (Å²) >= 11 is 0. The van der Waals surface area contributed by atoms with Gasteiger partial charge in [0.2, 0.25) is 0 Å². The van der Waals surface area contributed by atoms with Crippen LogP contribution in [-0.2, 0) is 0 Å². The highest BCUT2D eigenvalue weighted by molar-refractivity contribution is 5.85. The number of fused-ring (bicyclic) bond motifs is 1. The van der Waals surface area contributed by atoms with Gasteiger partial charge in [0.1, 0.15) is 0 Å². The van der Waals surface area contributed by atoms with Crippen LogP contribution in [0.1, 0.15) is 18.0 Å². The van der Waals surface area contributed by atoms with E-state index < -0.39 is 18.6 Å². The minimum absolute atomic E-state index is 0. The van der Waals surface area contributed by atoms with Crippen LogP contribution >= 0.6 is 12.4 Å². The van der Waals surface area contributed by atoms with E-state index in [1.54, 1.807) is 24.4 Å². The average molecular weight is 265 g/mol. The van der Waals surface area contributed by atoms with Crippen molar-refractivity contribution in [2.24, 2.45) is 5.73 Å². The van der Waals surface area contributed by atoms with Crippen LogP contribution in [0.5, 0.6) is 0 Å². The molecule has 0 fully saturated rings. The maximum absolute atomic E-state index is 12.2. The first-order valence-electron chi connectivity index (χ1n) is 4.85. The van der Waals surface area contributed by atoms with Gasteiger partial charge in [0.25, 0.3) is 0 Å². The van der Waals surface area contributed by atoms with Gasteiger partial charge in [0.05, 0.1) is 6.42 Å². The predicted octanol–water partition coefficient (Wildman–Crippen LogP) is 3.54. The fourth-order valence-corrected chi connectivity index (χ4v) is 1.66. The number of halogens is 4. The van der Waals surface area contributed by atoms with Gasteiger partial charge < -0.3 is 10.7 Å². The minimum Gasteiger partial charge on any atom is -0.361 e. The third-order valence-corrected chi connectivity index (χ3v) is 2.46. The van der Waals surface area contributed by atoms with E-state index in [4.69, 9.17) is 5.73 Å². The van der Waals surface area contributed by atoms with Gasteiger partial charge in [0.15, 0.2) is 0 Å². The Hall–Kier alpha value is -1.20. The Morgan fingerprint density at radius 3 is 2.59 bits per heavy atom. The largest absolute Gasteiger partial charge is 0.390 e. The lowest BCUT2D eigenvalue weighted by atomic mass is 10.0. The van der Waals surface area contributed by atoms with Crippen LogP contribution in [0.15, 0.2) is 30.5 Å². The Balaban J connectivity index is 0.00000144. The minimum atomic E-state index is -4.23. The summed E-state index contributed by atoms with van der Waals surface area (Å²) < 4.78 is 36.5. The van der Waals surface area contributed by atoms with Crippen molar-refractivity contribution < 1.29 is 13.2 Å². The second-order valence-electron chi connectivity index (χ2n) is 3.75. The van der Waals surface area contributed by atoms with Gasteiger partial charge >= 0.3 is 6.18 Å². The van der Waals surface area contributed by atoms with Crippen molar-refractivity contribution in [1.29, 1.82) is 0 Å². The van der Waals surface area contributed by atoms with Gasteiger partial charge in [-0.3, -0.25) is 0 Å². The topological polar surface area (TPSA) is 41.8 Å². The molecule has 2 rings (SSSR count). The highest BCUT2D eigenvalue weighted by atomic mass is 35.5. The normalized spacial score (nSPS) is 13.4. The Morgan fingerprint density at radius 2 is 1.94 bits per heavy atom. The molecule has 0 saturated carbocycles. The van der Waals surface area contributed by atoms with Gasteiger partial charge in [0, 0.05) is 17.8 Å². The zero-order valence-electron chi connectivity index (χ0n) is 8.79. The molecular formula is C11H12ClF3N2. The fraction of sp³-hybridized carbons (Fsp3) is 0.273. The second kappa shape index (κ2) is 4.98. The molecule has 0 saturated heterocycles. The molecule has 6 heteroatoms. The van der Waals surface area contributed by atoms with Crippen molar-refractivity contribution >= 4 is 23.3 Å². The lowest BCUT2D eigenvalue weighted by Crippen LogP contribution is -2.20. The van der Waals surface area contributed by atoms with Crippen molar-refractivity contribution in [3.8, 4) is 0 Å². The first-order chi connectivity index (χ1) is 7.46. The summed E-state index contributed by atoms with van der Waals surface area (Å²) in [6.07, 6.45) is -3.49. The lowest BCUT2D eigenvalue weighted by molar-refractivity contribution is -0.138. The summed E-state index contributed by atoms with van der Waals surface area (Å²) in [5.41, 5.74) is 6.80. The summed E-state index contributed by atoms with van der Waals surface area (Å²) in [6.45, 7) is 0. The van der Waals surface area contributed by atoms with Crippen LogP contribution in [0.25, 0.3) is 10.9 Å². The van der Waals surface area contributed by atoms with E-state index in [-0.39, 0.29) is 12.4 Å². The van der Waals surface area contributed by atoms with E-state index in [0.717, 1.165) is 10.9 Å². The molecule has 1 aromatic heterocycles. The first kappa shape index (κ1) is 13.9. The van der Waals surface area contributed by atoms with E-state index in [0.29, 0.717) is 5.56 Å². The molecule has 1 aromatic carbocycles. The fourth-order valence-electron chi connectivity index (χ4n) is 1.66. The SMILES string of the molecule is Cl.N[C@@H](CC(F)(F)F)c1ccc2cc[nH]c2c1. The Labute approximate surface area is 102 Å². The number of aromatic nitrogens is 1. The molecule has 0 spiro atoms.